The fourth-order valence-corrected chi connectivity index (χ4v) is 2.00. The van der Waals surface area contributed by atoms with E-state index in [0.717, 1.165) is 16.7 Å². The highest BCUT2D eigenvalue weighted by molar-refractivity contribution is 6.17. The van der Waals surface area contributed by atoms with Gasteiger partial charge in [0.15, 0.2) is 0 Å². The van der Waals surface area contributed by atoms with Crippen molar-refractivity contribution in [2.24, 2.45) is 0 Å². The molecule has 5 nitrogen and oxygen atoms in total. The summed E-state index contributed by atoms with van der Waals surface area (Å²) in [4.78, 5) is 13.6. The zero-order valence-corrected chi connectivity index (χ0v) is 10.8. The maximum atomic E-state index is 12.9. The van der Waals surface area contributed by atoms with Gasteiger partial charge >= 0.3 is 6.18 Å². The van der Waals surface area contributed by atoms with E-state index in [9.17, 15) is 23.3 Å². The van der Waals surface area contributed by atoms with E-state index in [-0.39, 0.29) is 29.1 Å². The first-order chi connectivity index (χ1) is 9.34. The van der Waals surface area contributed by atoms with Gasteiger partial charge in [-0.3, -0.25) is 10.1 Å². The molecule has 1 aromatic carbocycles. The van der Waals surface area contributed by atoms with Crippen LogP contribution in [-0.4, -0.2) is 20.4 Å². The Bertz CT molecular complexity index is 654. The van der Waals surface area contributed by atoms with Crippen molar-refractivity contribution in [3.8, 4) is 0 Å². The largest absolute Gasteiger partial charge is 0.449 e. The number of nitrogens with zero attached hydrogens (tertiary/aromatic N) is 3. The summed E-state index contributed by atoms with van der Waals surface area (Å²) < 4.78 is 39.7. The van der Waals surface area contributed by atoms with Gasteiger partial charge in [0, 0.05) is 24.6 Å². The van der Waals surface area contributed by atoms with E-state index in [1.165, 1.54) is 6.07 Å². The number of halogens is 4. The number of fused-ring (bicyclic) bond motifs is 1. The molecule has 0 saturated heterocycles. The molecular weight excluding hydrogens is 299 g/mol. The lowest BCUT2D eigenvalue weighted by Gasteiger charge is -2.10. The van der Waals surface area contributed by atoms with Gasteiger partial charge in [0.05, 0.1) is 16.0 Å². The van der Waals surface area contributed by atoms with Crippen LogP contribution in [0.2, 0.25) is 0 Å². The maximum absolute atomic E-state index is 12.9. The molecule has 0 N–H and O–H groups in total. The minimum atomic E-state index is -4.62. The van der Waals surface area contributed by atoms with E-state index in [4.69, 9.17) is 11.6 Å². The predicted octanol–water partition coefficient (Wildman–Crippen LogP) is 3.59. The van der Waals surface area contributed by atoms with Crippen LogP contribution in [0.1, 0.15) is 12.2 Å². The third-order valence-electron chi connectivity index (χ3n) is 2.71. The molecule has 2 rings (SSSR count). The monoisotopic (exact) mass is 307 g/mol. The van der Waals surface area contributed by atoms with Crippen LogP contribution in [0.25, 0.3) is 11.0 Å². The van der Waals surface area contributed by atoms with Crippen molar-refractivity contribution in [2.75, 3.05) is 5.88 Å². The first-order valence-corrected chi connectivity index (χ1v) is 6.16. The second kappa shape index (κ2) is 5.28. The van der Waals surface area contributed by atoms with Crippen molar-refractivity contribution in [2.45, 2.75) is 19.1 Å². The Kier molecular flexibility index (Phi) is 3.85. The average Bonchev–Trinajstić information content (AvgIpc) is 2.73. The number of hydrogen-bond donors (Lipinski definition) is 0. The maximum Gasteiger partial charge on any atom is 0.449 e. The van der Waals surface area contributed by atoms with Gasteiger partial charge in [-0.25, -0.2) is 4.98 Å². The van der Waals surface area contributed by atoms with Gasteiger partial charge < -0.3 is 4.57 Å². The smallest absolute Gasteiger partial charge is 0.320 e. The first-order valence-electron chi connectivity index (χ1n) is 5.62. The van der Waals surface area contributed by atoms with Crippen molar-refractivity contribution in [1.29, 1.82) is 0 Å². The Morgan fingerprint density at radius 1 is 1.40 bits per heavy atom. The van der Waals surface area contributed by atoms with Gasteiger partial charge in [-0.05, 0) is 12.5 Å². The van der Waals surface area contributed by atoms with Crippen molar-refractivity contribution in [3.63, 3.8) is 0 Å². The summed E-state index contributed by atoms with van der Waals surface area (Å²) in [6.07, 6.45) is -4.32. The Balaban J connectivity index is 2.65. The van der Waals surface area contributed by atoms with Crippen molar-refractivity contribution in [1.82, 2.24) is 9.55 Å². The lowest BCUT2D eigenvalue weighted by atomic mass is 10.3. The zero-order valence-electron chi connectivity index (χ0n) is 10.0. The minimum Gasteiger partial charge on any atom is -0.320 e. The molecule has 0 aliphatic rings. The summed E-state index contributed by atoms with van der Waals surface area (Å²) in [6.45, 7) is -0.00396. The number of imidazole rings is 1. The summed E-state index contributed by atoms with van der Waals surface area (Å²) >= 11 is 5.49. The lowest BCUT2D eigenvalue weighted by molar-refractivity contribution is -0.384. The van der Waals surface area contributed by atoms with Crippen LogP contribution in [0.15, 0.2) is 18.2 Å². The fraction of sp³-hybridized carbons (Fsp3) is 0.364. The minimum absolute atomic E-state index is 0.00396. The van der Waals surface area contributed by atoms with Crippen molar-refractivity contribution in [3.05, 3.63) is 34.1 Å². The number of non-ortho nitro benzene ring substituents is 1. The summed E-state index contributed by atoms with van der Waals surface area (Å²) in [7, 11) is 0. The SMILES string of the molecule is O=[N+]([O-])c1ccc2nc(C(F)(F)F)n(CCCCl)c2c1. The number of alkyl halides is 4. The van der Waals surface area contributed by atoms with Crippen LogP contribution in [-0.2, 0) is 12.7 Å². The van der Waals surface area contributed by atoms with Crippen LogP contribution in [0.3, 0.4) is 0 Å². The van der Waals surface area contributed by atoms with Crippen LogP contribution in [0.5, 0.6) is 0 Å². The highest BCUT2D eigenvalue weighted by atomic mass is 35.5. The van der Waals surface area contributed by atoms with Crippen LogP contribution in [0, 0.1) is 10.1 Å². The summed E-state index contributed by atoms with van der Waals surface area (Å²) in [5.74, 6) is -0.885. The van der Waals surface area contributed by atoms with Crippen molar-refractivity contribution >= 4 is 28.3 Å². The highest BCUT2D eigenvalue weighted by Gasteiger charge is 2.37. The summed E-state index contributed by atoms with van der Waals surface area (Å²) in [5.41, 5.74) is -0.132. The topological polar surface area (TPSA) is 61.0 Å². The summed E-state index contributed by atoms with van der Waals surface area (Å²) in [5, 5.41) is 10.7. The second-order valence-corrected chi connectivity index (χ2v) is 4.44. The predicted molar refractivity (Wildman–Crippen MR) is 66.7 cm³/mol. The van der Waals surface area contributed by atoms with E-state index in [0.29, 0.717) is 6.42 Å². The number of benzene rings is 1. The summed E-state index contributed by atoms with van der Waals surface area (Å²) in [6, 6.07) is 3.42. The average molecular weight is 308 g/mol. The number of nitro benzene ring substituents is 1. The molecule has 0 fully saturated rings. The molecule has 0 aliphatic carbocycles. The van der Waals surface area contributed by atoms with Gasteiger partial charge in [-0.1, -0.05) is 0 Å². The molecule has 0 spiro atoms. The third kappa shape index (κ3) is 2.69. The molecule has 1 heterocycles. The molecule has 1 aromatic heterocycles. The van der Waals surface area contributed by atoms with E-state index < -0.39 is 16.9 Å². The molecule has 108 valence electrons. The van der Waals surface area contributed by atoms with Gasteiger partial charge in [0.1, 0.15) is 0 Å². The molecule has 0 amide bonds. The van der Waals surface area contributed by atoms with E-state index >= 15 is 0 Å². The molecule has 20 heavy (non-hydrogen) atoms. The number of aryl methyl sites for hydroxylation is 1. The fourth-order valence-electron chi connectivity index (χ4n) is 1.89. The Morgan fingerprint density at radius 2 is 2.10 bits per heavy atom. The Morgan fingerprint density at radius 3 is 2.65 bits per heavy atom. The zero-order chi connectivity index (χ0) is 14.9. The number of aromatic nitrogens is 2. The molecule has 0 atom stereocenters. The van der Waals surface area contributed by atoms with Crippen molar-refractivity contribution < 1.29 is 18.1 Å². The van der Waals surface area contributed by atoms with Crippen LogP contribution in [0.4, 0.5) is 18.9 Å². The van der Waals surface area contributed by atoms with Gasteiger partial charge in [-0.2, -0.15) is 13.2 Å². The lowest BCUT2D eigenvalue weighted by Crippen LogP contribution is -2.15. The molecular formula is C11H9ClF3N3O2. The number of hydrogen-bond acceptors (Lipinski definition) is 3. The molecule has 0 radical (unpaired) electrons. The van der Waals surface area contributed by atoms with E-state index in [1.807, 2.05) is 0 Å². The van der Waals surface area contributed by atoms with Gasteiger partial charge in [0.25, 0.3) is 5.69 Å². The van der Waals surface area contributed by atoms with Crippen LogP contribution < -0.4 is 0 Å². The molecule has 9 heteroatoms. The molecule has 0 saturated carbocycles. The van der Waals surface area contributed by atoms with Gasteiger partial charge in [0.2, 0.25) is 5.82 Å². The number of nitro groups is 1. The quantitative estimate of drug-likeness (QED) is 0.492. The Labute approximate surface area is 116 Å². The molecule has 0 aliphatic heterocycles. The molecule has 2 aromatic rings. The highest BCUT2D eigenvalue weighted by Crippen LogP contribution is 2.32. The van der Waals surface area contributed by atoms with E-state index in [1.54, 1.807) is 0 Å². The Hall–Kier alpha value is -1.83. The first kappa shape index (κ1) is 14.6. The normalized spacial score (nSPS) is 12.0. The van der Waals surface area contributed by atoms with E-state index in [2.05, 4.69) is 4.98 Å². The molecule has 0 unspecified atom stereocenters. The standard InChI is InChI=1S/C11H9ClF3N3O2/c12-4-1-5-17-9-6-7(18(19)20)2-3-8(9)16-10(17)11(13,14)15/h2-3,6H,1,4-5H2. The van der Waals surface area contributed by atoms with Crippen LogP contribution >= 0.6 is 11.6 Å². The second-order valence-electron chi connectivity index (χ2n) is 4.06. The van der Waals surface area contributed by atoms with Gasteiger partial charge in [-0.15, -0.1) is 11.6 Å². The molecule has 0 bridgehead atoms. The third-order valence-corrected chi connectivity index (χ3v) is 2.98. The number of rotatable bonds is 4.